The Morgan fingerprint density at radius 2 is 1.96 bits per heavy atom. The lowest BCUT2D eigenvalue weighted by Crippen LogP contribution is -2.41. The van der Waals surface area contributed by atoms with E-state index in [0.29, 0.717) is 25.8 Å². The van der Waals surface area contributed by atoms with Gasteiger partial charge in [-0.05, 0) is 55.9 Å². The van der Waals surface area contributed by atoms with Crippen LogP contribution in [0.4, 0.5) is 8.78 Å². The molecule has 1 aromatic carbocycles. The zero-order chi connectivity index (χ0) is 19.5. The number of piperidine rings is 1. The first-order valence-corrected chi connectivity index (χ1v) is 9.73. The van der Waals surface area contributed by atoms with Crippen molar-refractivity contribution in [1.29, 1.82) is 0 Å². The number of hydrogen-bond donors (Lipinski definition) is 0. The van der Waals surface area contributed by atoms with E-state index in [1.165, 1.54) is 18.2 Å². The number of aromatic nitrogens is 2. The first kappa shape index (κ1) is 18.6. The highest BCUT2D eigenvalue weighted by atomic mass is 19.1. The summed E-state index contributed by atoms with van der Waals surface area (Å²) in [6.45, 7) is 1.38. The van der Waals surface area contributed by atoms with Crippen molar-refractivity contribution in [2.45, 2.75) is 32.1 Å². The molecule has 6 heteroatoms. The minimum absolute atomic E-state index is 0.0763. The highest BCUT2D eigenvalue weighted by molar-refractivity contribution is 5.78. The van der Waals surface area contributed by atoms with Gasteiger partial charge in [-0.1, -0.05) is 12.1 Å². The zero-order valence-electron chi connectivity index (χ0n) is 15.7. The van der Waals surface area contributed by atoms with Crippen molar-refractivity contribution in [3.63, 3.8) is 0 Å². The van der Waals surface area contributed by atoms with E-state index in [4.69, 9.17) is 0 Å². The smallest absolute Gasteiger partial charge is 0.228 e. The van der Waals surface area contributed by atoms with Gasteiger partial charge in [-0.3, -0.25) is 4.79 Å². The lowest BCUT2D eigenvalue weighted by atomic mass is 9.91. The molecule has 1 atom stereocenters. The molecule has 1 saturated heterocycles. The van der Waals surface area contributed by atoms with E-state index in [2.05, 4.69) is 4.98 Å². The molecular formula is C22H23F2N3O. The van der Waals surface area contributed by atoms with Crippen molar-refractivity contribution < 1.29 is 13.6 Å². The second-order valence-corrected chi connectivity index (χ2v) is 7.44. The van der Waals surface area contributed by atoms with Crippen LogP contribution in [0.5, 0.6) is 0 Å². The Morgan fingerprint density at radius 1 is 1.14 bits per heavy atom. The van der Waals surface area contributed by atoms with Gasteiger partial charge >= 0.3 is 0 Å². The van der Waals surface area contributed by atoms with E-state index in [1.807, 2.05) is 33.7 Å². The molecule has 0 radical (unpaired) electrons. The Morgan fingerprint density at radius 3 is 2.79 bits per heavy atom. The van der Waals surface area contributed by atoms with Crippen molar-refractivity contribution in [3.05, 3.63) is 71.7 Å². The van der Waals surface area contributed by atoms with Gasteiger partial charge in [0.2, 0.25) is 5.91 Å². The molecule has 3 aromatic rings. The third kappa shape index (κ3) is 3.91. The van der Waals surface area contributed by atoms with Crippen molar-refractivity contribution in [2.75, 3.05) is 13.1 Å². The average molecular weight is 383 g/mol. The van der Waals surface area contributed by atoms with Gasteiger partial charge in [0.1, 0.15) is 17.3 Å². The summed E-state index contributed by atoms with van der Waals surface area (Å²) < 4.78 is 29.6. The SMILES string of the molecule is O=C(Cc1cnc2ccccn12)N1CCCC(CCc2c(F)cccc2F)C1. The standard InChI is InChI=1S/C22H23F2N3O/c23-19-6-3-7-20(24)18(19)10-9-16-5-4-11-26(15-16)22(28)13-17-14-25-21-8-1-2-12-27(17)21/h1-3,6-8,12,14,16H,4-5,9-11,13,15H2. The Balaban J connectivity index is 1.37. The van der Waals surface area contributed by atoms with Gasteiger partial charge in [0.15, 0.2) is 0 Å². The summed E-state index contributed by atoms with van der Waals surface area (Å²) in [4.78, 5) is 19.0. The monoisotopic (exact) mass is 383 g/mol. The molecule has 1 aliphatic heterocycles. The molecule has 0 aliphatic carbocycles. The topological polar surface area (TPSA) is 37.6 Å². The highest BCUT2D eigenvalue weighted by Crippen LogP contribution is 2.24. The number of carbonyl (C=O) groups is 1. The van der Waals surface area contributed by atoms with Crippen LogP contribution in [0.15, 0.2) is 48.8 Å². The highest BCUT2D eigenvalue weighted by Gasteiger charge is 2.25. The summed E-state index contributed by atoms with van der Waals surface area (Å²) in [7, 11) is 0. The largest absolute Gasteiger partial charge is 0.342 e. The van der Waals surface area contributed by atoms with E-state index in [-0.39, 0.29) is 17.4 Å². The number of halogens is 2. The lowest BCUT2D eigenvalue weighted by Gasteiger charge is -2.33. The van der Waals surface area contributed by atoms with Crippen LogP contribution in [0.25, 0.3) is 5.65 Å². The summed E-state index contributed by atoms with van der Waals surface area (Å²) >= 11 is 0. The zero-order valence-corrected chi connectivity index (χ0v) is 15.7. The third-order valence-corrected chi connectivity index (χ3v) is 5.56. The third-order valence-electron chi connectivity index (χ3n) is 5.56. The Hall–Kier alpha value is -2.76. The molecule has 0 N–H and O–H groups in total. The minimum atomic E-state index is -0.489. The van der Waals surface area contributed by atoms with Crippen LogP contribution in [-0.2, 0) is 17.6 Å². The number of carbonyl (C=O) groups excluding carboxylic acids is 1. The molecule has 4 nitrogen and oxygen atoms in total. The van der Waals surface area contributed by atoms with E-state index >= 15 is 0 Å². The van der Waals surface area contributed by atoms with E-state index < -0.39 is 11.6 Å². The number of amides is 1. The van der Waals surface area contributed by atoms with Gasteiger partial charge in [-0.2, -0.15) is 0 Å². The van der Waals surface area contributed by atoms with E-state index in [1.54, 1.807) is 6.20 Å². The van der Waals surface area contributed by atoms with E-state index in [0.717, 1.165) is 30.7 Å². The number of fused-ring (bicyclic) bond motifs is 1. The molecule has 28 heavy (non-hydrogen) atoms. The molecule has 0 spiro atoms. The molecule has 146 valence electrons. The number of nitrogens with zero attached hydrogens (tertiary/aromatic N) is 3. The molecule has 0 bridgehead atoms. The van der Waals surface area contributed by atoms with Gasteiger partial charge in [0.25, 0.3) is 0 Å². The van der Waals surface area contributed by atoms with Crippen molar-refractivity contribution in [2.24, 2.45) is 5.92 Å². The number of rotatable bonds is 5. The molecule has 2 aromatic heterocycles. The molecule has 0 saturated carbocycles. The van der Waals surface area contributed by atoms with Crippen LogP contribution in [0.1, 0.15) is 30.5 Å². The maximum absolute atomic E-state index is 13.8. The number of benzene rings is 1. The number of likely N-dealkylation sites (tertiary alicyclic amines) is 1. The van der Waals surface area contributed by atoms with Gasteiger partial charge in [-0.15, -0.1) is 0 Å². The minimum Gasteiger partial charge on any atom is -0.342 e. The van der Waals surface area contributed by atoms with Crippen molar-refractivity contribution >= 4 is 11.6 Å². The molecule has 1 aliphatic rings. The number of pyridine rings is 1. The average Bonchev–Trinajstić information content (AvgIpc) is 3.11. The summed E-state index contributed by atoms with van der Waals surface area (Å²) in [6, 6.07) is 9.72. The molecule has 4 rings (SSSR count). The van der Waals surface area contributed by atoms with Crippen LogP contribution in [0.2, 0.25) is 0 Å². The first-order chi connectivity index (χ1) is 13.6. The van der Waals surface area contributed by atoms with Gasteiger partial charge in [-0.25, -0.2) is 13.8 Å². The summed E-state index contributed by atoms with van der Waals surface area (Å²) in [5.74, 6) is -0.640. The fourth-order valence-corrected chi connectivity index (χ4v) is 4.03. The molecule has 1 unspecified atom stereocenters. The molecule has 1 amide bonds. The molecule has 1 fully saturated rings. The summed E-state index contributed by atoms with van der Waals surface area (Å²) in [5.41, 5.74) is 1.85. The lowest BCUT2D eigenvalue weighted by molar-refractivity contribution is -0.132. The van der Waals surface area contributed by atoms with Gasteiger partial charge in [0.05, 0.1) is 12.1 Å². The normalized spacial score (nSPS) is 17.2. The van der Waals surface area contributed by atoms with Crippen LogP contribution >= 0.6 is 0 Å². The Labute approximate surface area is 162 Å². The van der Waals surface area contributed by atoms with Crippen molar-refractivity contribution in [1.82, 2.24) is 14.3 Å². The van der Waals surface area contributed by atoms with Gasteiger partial charge in [0, 0.05) is 31.0 Å². The van der Waals surface area contributed by atoms with E-state index in [9.17, 15) is 13.6 Å². The molecule has 3 heterocycles. The second kappa shape index (κ2) is 8.09. The van der Waals surface area contributed by atoms with Gasteiger partial charge < -0.3 is 9.30 Å². The quantitative estimate of drug-likeness (QED) is 0.667. The second-order valence-electron chi connectivity index (χ2n) is 7.44. The predicted molar refractivity (Wildman–Crippen MR) is 103 cm³/mol. The van der Waals surface area contributed by atoms with Crippen LogP contribution < -0.4 is 0 Å². The fourth-order valence-electron chi connectivity index (χ4n) is 4.03. The van der Waals surface area contributed by atoms with Crippen molar-refractivity contribution in [3.8, 4) is 0 Å². The maximum Gasteiger partial charge on any atom is 0.228 e. The Kier molecular flexibility index (Phi) is 5.37. The maximum atomic E-state index is 13.8. The Bertz CT molecular complexity index is 965. The summed E-state index contributed by atoms with van der Waals surface area (Å²) in [6.07, 6.45) is 6.90. The van der Waals surface area contributed by atoms with Crippen LogP contribution in [-0.4, -0.2) is 33.3 Å². The summed E-state index contributed by atoms with van der Waals surface area (Å²) in [5, 5.41) is 0. The number of hydrogen-bond acceptors (Lipinski definition) is 2. The van der Waals surface area contributed by atoms with Crippen LogP contribution in [0, 0.1) is 17.6 Å². The first-order valence-electron chi connectivity index (χ1n) is 9.73. The molecular weight excluding hydrogens is 360 g/mol. The predicted octanol–water partition coefficient (Wildman–Crippen LogP) is 4.03. The number of imidazole rings is 1. The fraction of sp³-hybridized carbons (Fsp3) is 0.364. The van der Waals surface area contributed by atoms with Crippen LogP contribution in [0.3, 0.4) is 0 Å².